The van der Waals surface area contributed by atoms with Gasteiger partial charge in [0.2, 0.25) is 5.91 Å². The third-order valence-corrected chi connectivity index (χ3v) is 7.09. The van der Waals surface area contributed by atoms with Gasteiger partial charge >= 0.3 is 6.09 Å². The van der Waals surface area contributed by atoms with E-state index in [-0.39, 0.29) is 29.4 Å². The van der Waals surface area contributed by atoms with Gasteiger partial charge in [0.05, 0.1) is 7.11 Å². The van der Waals surface area contributed by atoms with E-state index in [1.807, 2.05) is 4.90 Å². The van der Waals surface area contributed by atoms with Gasteiger partial charge in [-0.15, -0.1) is 0 Å². The van der Waals surface area contributed by atoms with Crippen molar-refractivity contribution >= 4 is 35.2 Å². The van der Waals surface area contributed by atoms with Crippen LogP contribution in [0.25, 0.3) is 0 Å². The summed E-state index contributed by atoms with van der Waals surface area (Å²) in [5.74, 6) is -5.00. The van der Waals surface area contributed by atoms with E-state index in [0.29, 0.717) is 6.54 Å². The van der Waals surface area contributed by atoms with Gasteiger partial charge in [0.1, 0.15) is 17.9 Å². The van der Waals surface area contributed by atoms with E-state index in [4.69, 9.17) is 16.3 Å². The van der Waals surface area contributed by atoms with E-state index in [0.717, 1.165) is 11.0 Å². The molecule has 2 fully saturated rings. The number of hydrogen-bond acceptors (Lipinski definition) is 5. The Balaban J connectivity index is 1.81. The molecule has 0 spiro atoms. The number of nitrogens with one attached hydrogen (secondary N) is 1. The lowest BCUT2D eigenvalue weighted by atomic mass is 9.87. The number of rotatable bonds is 6. The summed E-state index contributed by atoms with van der Waals surface area (Å²) >= 11 is 6.47. The van der Waals surface area contributed by atoms with E-state index >= 15 is 0 Å². The summed E-state index contributed by atoms with van der Waals surface area (Å²) in [5.41, 5.74) is 0.246. The van der Waals surface area contributed by atoms with Crippen molar-refractivity contribution in [1.82, 2.24) is 15.1 Å². The van der Waals surface area contributed by atoms with Crippen molar-refractivity contribution in [2.45, 2.75) is 36.9 Å². The van der Waals surface area contributed by atoms with Gasteiger partial charge in [0.15, 0.2) is 0 Å². The van der Waals surface area contributed by atoms with Crippen LogP contribution in [0, 0.1) is 5.82 Å². The molecule has 2 atom stereocenters. The van der Waals surface area contributed by atoms with E-state index in [2.05, 4.69) is 5.32 Å². The number of alkyl halides is 2. The number of benzene rings is 2. The van der Waals surface area contributed by atoms with Crippen LogP contribution in [-0.4, -0.2) is 79.5 Å². The lowest BCUT2D eigenvalue weighted by Crippen LogP contribution is -2.62. The molecule has 8 nitrogen and oxygen atoms in total. The monoisotopic (exact) mass is 552 g/mol. The molecule has 1 saturated carbocycles. The molecule has 3 amide bonds. The van der Waals surface area contributed by atoms with Gasteiger partial charge in [0, 0.05) is 54.8 Å². The normalized spacial score (nSPS) is 20.3. The molecule has 1 aliphatic carbocycles. The summed E-state index contributed by atoms with van der Waals surface area (Å²) in [6.07, 6.45) is -1.80. The summed E-state index contributed by atoms with van der Waals surface area (Å²) in [4.78, 5) is 44.7. The first-order chi connectivity index (χ1) is 18.0. The molecule has 0 radical (unpaired) electrons. The molecule has 2 aromatic rings. The minimum Gasteiger partial charge on any atom is -0.453 e. The van der Waals surface area contributed by atoms with Gasteiger partial charge in [-0.1, -0.05) is 35.9 Å². The highest BCUT2D eigenvalue weighted by atomic mass is 35.5. The summed E-state index contributed by atoms with van der Waals surface area (Å²) in [7, 11) is 2.97. The molecule has 1 saturated heterocycles. The van der Waals surface area contributed by atoms with Crippen LogP contribution in [0.5, 0.6) is 0 Å². The highest BCUT2D eigenvalue weighted by molar-refractivity contribution is 6.31. The number of carbonyl (C=O) groups is 3. The minimum absolute atomic E-state index is 0.0343. The number of halogens is 4. The van der Waals surface area contributed by atoms with Crippen molar-refractivity contribution in [3.63, 3.8) is 0 Å². The lowest BCUT2D eigenvalue weighted by Gasteiger charge is -2.42. The third-order valence-electron chi connectivity index (χ3n) is 6.74. The average Bonchev–Trinajstić information content (AvgIpc) is 2.85. The van der Waals surface area contributed by atoms with Gasteiger partial charge < -0.3 is 15.0 Å². The lowest BCUT2D eigenvalue weighted by molar-refractivity contribution is -0.134. The summed E-state index contributed by atoms with van der Waals surface area (Å²) in [6, 6.07) is 8.07. The molecule has 2 aliphatic rings. The van der Waals surface area contributed by atoms with Gasteiger partial charge in [-0.05, 0) is 31.3 Å². The number of hydrogen-bond donors (Lipinski definition) is 1. The van der Waals surface area contributed by atoms with E-state index < -0.39 is 60.6 Å². The molecule has 204 valence electrons. The number of methoxy groups -OCH3 is 1. The van der Waals surface area contributed by atoms with E-state index in [1.54, 1.807) is 19.2 Å². The van der Waals surface area contributed by atoms with Crippen LogP contribution < -0.4 is 10.2 Å². The molecule has 12 heteroatoms. The second-order valence-corrected chi connectivity index (χ2v) is 9.93. The van der Waals surface area contributed by atoms with Crippen molar-refractivity contribution in [3.05, 3.63) is 64.9 Å². The Kier molecular flexibility index (Phi) is 8.17. The number of ether oxygens (including phenoxy) is 1. The molecule has 38 heavy (non-hydrogen) atoms. The molecule has 0 bridgehead atoms. The van der Waals surface area contributed by atoms with Crippen LogP contribution in [0.3, 0.4) is 0 Å². The predicted molar refractivity (Wildman–Crippen MR) is 135 cm³/mol. The SMILES string of the molecule is COC(=O)N1CCN(C)CC1C(=O)N(c1cccc(F)c1)C(C(=O)NC1CC(F)(F)C1)c1ccccc1Cl. The van der Waals surface area contributed by atoms with Crippen molar-refractivity contribution in [1.29, 1.82) is 0 Å². The fourth-order valence-corrected chi connectivity index (χ4v) is 5.03. The highest BCUT2D eigenvalue weighted by Gasteiger charge is 2.48. The fourth-order valence-electron chi connectivity index (χ4n) is 4.79. The second-order valence-electron chi connectivity index (χ2n) is 9.52. The summed E-state index contributed by atoms with van der Waals surface area (Å²) in [6.45, 7) is 0.769. The number of anilines is 1. The van der Waals surface area contributed by atoms with Crippen LogP contribution in [-0.2, 0) is 14.3 Å². The van der Waals surface area contributed by atoms with Crippen molar-refractivity contribution in [2.75, 3.05) is 38.7 Å². The van der Waals surface area contributed by atoms with Gasteiger partial charge in [-0.2, -0.15) is 0 Å². The molecule has 4 rings (SSSR count). The van der Waals surface area contributed by atoms with E-state index in [9.17, 15) is 27.6 Å². The Morgan fingerprint density at radius 3 is 2.47 bits per heavy atom. The Labute approximate surface area is 223 Å². The van der Waals surface area contributed by atoms with Crippen LogP contribution in [0.1, 0.15) is 24.4 Å². The first-order valence-corrected chi connectivity index (χ1v) is 12.4. The largest absolute Gasteiger partial charge is 0.453 e. The average molecular weight is 553 g/mol. The number of nitrogens with zero attached hydrogens (tertiary/aromatic N) is 3. The Hall–Kier alpha value is -3.31. The van der Waals surface area contributed by atoms with Gasteiger partial charge in [-0.3, -0.25) is 19.4 Å². The molecule has 1 aliphatic heterocycles. The molecule has 0 aromatic heterocycles. The third kappa shape index (κ3) is 5.88. The Morgan fingerprint density at radius 1 is 1.13 bits per heavy atom. The predicted octanol–water partition coefficient (Wildman–Crippen LogP) is 3.85. The van der Waals surface area contributed by atoms with Gasteiger partial charge in [0.25, 0.3) is 11.8 Å². The first kappa shape index (κ1) is 27.7. The topological polar surface area (TPSA) is 82.2 Å². The van der Waals surface area contributed by atoms with Crippen LogP contribution in [0.4, 0.5) is 23.7 Å². The highest BCUT2D eigenvalue weighted by Crippen LogP contribution is 2.39. The molecule has 1 heterocycles. The summed E-state index contributed by atoms with van der Waals surface area (Å²) < 4.78 is 46.3. The molecule has 2 unspecified atom stereocenters. The Bertz CT molecular complexity index is 1210. The van der Waals surface area contributed by atoms with Crippen molar-refractivity contribution in [2.24, 2.45) is 0 Å². The maximum absolute atomic E-state index is 14.4. The number of piperazine rings is 1. The maximum Gasteiger partial charge on any atom is 0.410 e. The molecule has 1 N–H and O–H groups in total. The zero-order valence-electron chi connectivity index (χ0n) is 20.9. The minimum atomic E-state index is -2.89. The fraction of sp³-hybridized carbons (Fsp3) is 0.423. The van der Waals surface area contributed by atoms with Crippen LogP contribution >= 0.6 is 11.6 Å². The van der Waals surface area contributed by atoms with Crippen molar-refractivity contribution in [3.8, 4) is 0 Å². The number of carbonyl (C=O) groups excluding carboxylic acids is 3. The zero-order chi connectivity index (χ0) is 27.6. The maximum atomic E-state index is 14.4. The summed E-state index contributed by atoms with van der Waals surface area (Å²) in [5, 5.41) is 2.74. The standard InChI is InChI=1S/C26H28ClF3N4O4/c1-32-10-11-33(25(37)38-2)21(15-32)24(36)34(18-7-5-6-16(28)12-18)22(19-8-3-4-9-20(19)27)23(35)31-17-13-26(29,30)14-17/h3-9,12,17,21-22H,10-11,13-15H2,1-2H3,(H,31,35). The first-order valence-electron chi connectivity index (χ1n) is 12.0. The number of likely N-dealkylation sites (N-methyl/N-ethyl adjacent to an activating group) is 1. The van der Waals surface area contributed by atoms with Crippen LogP contribution in [0.15, 0.2) is 48.5 Å². The Morgan fingerprint density at radius 2 is 1.84 bits per heavy atom. The zero-order valence-corrected chi connectivity index (χ0v) is 21.6. The second kappa shape index (κ2) is 11.2. The van der Waals surface area contributed by atoms with Crippen molar-refractivity contribution < 1.29 is 32.3 Å². The molecular formula is C26H28ClF3N4O4. The van der Waals surface area contributed by atoms with Crippen LogP contribution in [0.2, 0.25) is 5.02 Å². The smallest absolute Gasteiger partial charge is 0.410 e. The van der Waals surface area contributed by atoms with Gasteiger partial charge in [-0.25, -0.2) is 18.0 Å². The molecular weight excluding hydrogens is 525 g/mol. The quantitative estimate of drug-likeness (QED) is 0.589. The number of amides is 3. The molecule has 2 aromatic carbocycles. The van der Waals surface area contributed by atoms with E-state index in [1.165, 1.54) is 42.3 Å².